The first-order valence-corrected chi connectivity index (χ1v) is 12.4. The zero-order chi connectivity index (χ0) is 26.2. The molecule has 0 bridgehead atoms. The number of benzene rings is 2. The van der Waals surface area contributed by atoms with Crippen LogP contribution in [-0.4, -0.2) is 39.1 Å². The van der Waals surface area contributed by atoms with Gasteiger partial charge >= 0.3 is 0 Å². The molecule has 0 spiro atoms. The molecule has 8 nitrogen and oxygen atoms in total. The van der Waals surface area contributed by atoms with Gasteiger partial charge in [0.05, 0.1) is 26.5 Å². The fourth-order valence-corrected chi connectivity index (χ4v) is 4.33. The molecule has 4 rings (SSSR count). The SMILES string of the molecule is COc1ccc(C(=O)N/C(=C\c2ccco2)C(=O)NC(C)c2ccc(N3CCCCC3)cc2)cc1OC. The molecule has 2 N–H and O–H groups in total. The van der Waals surface area contributed by atoms with Gasteiger partial charge in [-0.25, -0.2) is 0 Å². The summed E-state index contributed by atoms with van der Waals surface area (Å²) in [6.07, 6.45) is 6.72. The highest BCUT2D eigenvalue weighted by atomic mass is 16.5. The summed E-state index contributed by atoms with van der Waals surface area (Å²) in [5.74, 6) is 0.461. The Kier molecular flexibility index (Phi) is 8.51. The summed E-state index contributed by atoms with van der Waals surface area (Å²) in [7, 11) is 3.02. The molecule has 0 saturated carbocycles. The van der Waals surface area contributed by atoms with E-state index in [9.17, 15) is 9.59 Å². The highest BCUT2D eigenvalue weighted by Gasteiger charge is 2.19. The molecule has 3 aromatic rings. The van der Waals surface area contributed by atoms with Crippen molar-refractivity contribution in [1.82, 2.24) is 10.6 Å². The van der Waals surface area contributed by atoms with Crippen LogP contribution in [0.2, 0.25) is 0 Å². The Morgan fingerprint density at radius 2 is 1.70 bits per heavy atom. The van der Waals surface area contributed by atoms with Gasteiger partial charge in [0, 0.05) is 30.4 Å². The maximum absolute atomic E-state index is 13.3. The molecule has 8 heteroatoms. The third-order valence-electron chi connectivity index (χ3n) is 6.43. The van der Waals surface area contributed by atoms with Crippen LogP contribution < -0.4 is 25.0 Å². The van der Waals surface area contributed by atoms with Crippen molar-refractivity contribution in [3.63, 3.8) is 0 Å². The van der Waals surface area contributed by atoms with Crippen molar-refractivity contribution in [2.24, 2.45) is 0 Å². The Balaban J connectivity index is 1.48. The number of furan rings is 1. The summed E-state index contributed by atoms with van der Waals surface area (Å²) in [5.41, 5.74) is 2.55. The third kappa shape index (κ3) is 6.52. The van der Waals surface area contributed by atoms with E-state index < -0.39 is 11.8 Å². The second-order valence-corrected chi connectivity index (χ2v) is 8.93. The number of anilines is 1. The van der Waals surface area contributed by atoms with E-state index in [1.807, 2.05) is 19.1 Å². The van der Waals surface area contributed by atoms with Gasteiger partial charge < -0.3 is 29.4 Å². The average molecular weight is 504 g/mol. The summed E-state index contributed by atoms with van der Waals surface area (Å²) in [5, 5.41) is 5.70. The predicted octanol–water partition coefficient (Wildman–Crippen LogP) is 4.94. The number of hydrogen-bond donors (Lipinski definition) is 2. The van der Waals surface area contributed by atoms with Crippen LogP contribution in [0.15, 0.2) is 71.0 Å². The van der Waals surface area contributed by atoms with E-state index in [1.165, 1.54) is 51.5 Å². The molecule has 2 heterocycles. The summed E-state index contributed by atoms with van der Waals surface area (Å²) < 4.78 is 15.9. The minimum absolute atomic E-state index is 0.0616. The van der Waals surface area contributed by atoms with E-state index in [1.54, 1.807) is 30.3 Å². The van der Waals surface area contributed by atoms with Gasteiger partial charge in [0.15, 0.2) is 11.5 Å². The Labute approximate surface area is 217 Å². The monoisotopic (exact) mass is 503 g/mol. The molecule has 1 aliphatic rings. The lowest BCUT2D eigenvalue weighted by Gasteiger charge is -2.29. The van der Waals surface area contributed by atoms with Crippen LogP contribution in [0.3, 0.4) is 0 Å². The fourth-order valence-electron chi connectivity index (χ4n) is 4.33. The quantitative estimate of drug-likeness (QED) is 0.402. The second kappa shape index (κ2) is 12.2. The highest BCUT2D eigenvalue weighted by Crippen LogP contribution is 2.28. The molecule has 2 amide bonds. The van der Waals surface area contributed by atoms with Crippen LogP contribution in [0.5, 0.6) is 11.5 Å². The van der Waals surface area contributed by atoms with Gasteiger partial charge in [-0.05, 0) is 74.2 Å². The number of rotatable bonds is 9. The van der Waals surface area contributed by atoms with Gasteiger partial charge in [0.2, 0.25) is 0 Å². The van der Waals surface area contributed by atoms with E-state index in [0.717, 1.165) is 18.7 Å². The van der Waals surface area contributed by atoms with Crippen molar-refractivity contribution in [3.05, 3.63) is 83.4 Å². The van der Waals surface area contributed by atoms with Crippen molar-refractivity contribution in [3.8, 4) is 11.5 Å². The Hall–Kier alpha value is -4.20. The molecule has 37 heavy (non-hydrogen) atoms. The van der Waals surface area contributed by atoms with E-state index >= 15 is 0 Å². The maximum Gasteiger partial charge on any atom is 0.268 e. The van der Waals surface area contributed by atoms with Gasteiger partial charge in [0.1, 0.15) is 11.5 Å². The van der Waals surface area contributed by atoms with Crippen molar-refractivity contribution in [2.75, 3.05) is 32.2 Å². The van der Waals surface area contributed by atoms with E-state index in [0.29, 0.717) is 22.8 Å². The lowest BCUT2D eigenvalue weighted by atomic mass is 10.1. The molecule has 2 aromatic carbocycles. The second-order valence-electron chi connectivity index (χ2n) is 8.93. The van der Waals surface area contributed by atoms with Gasteiger partial charge in [-0.3, -0.25) is 9.59 Å². The fraction of sp³-hybridized carbons (Fsp3) is 0.310. The van der Waals surface area contributed by atoms with Gasteiger partial charge in [-0.2, -0.15) is 0 Å². The van der Waals surface area contributed by atoms with Crippen LogP contribution in [0, 0.1) is 0 Å². The third-order valence-corrected chi connectivity index (χ3v) is 6.43. The number of carbonyl (C=O) groups is 2. The first kappa shape index (κ1) is 25.9. The van der Waals surface area contributed by atoms with Gasteiger partial charge in [-0.15, -0.1) is 0 Å². The number of nitrogens with zero attached hydrogens (tertiary/aromatic N) is 1. The minimum Gasteiger partial charge on any atom is -0.493 e. The van der Waals surface area contributed by atoms with Gasteiger partial charge in [-0.1, -0.05) is 12.1 Å². The Morgan fingerprint density at radius 1 is 0.973 bits per heavy atom. The normalized spacial score (nSPS) is 14.6. The number of methoxy groups -OCH3 is 2. The minimum atomic E-state index is -0.465. The molecule has 1 atom stereocenters. The molecule has 1 saturated heterocycles. The summed E-state index contributed by atoms with van der Waals surface area (Å²) in [4.78, 5) is 28.7. The molecule has 1 fully saturated rings. The standard InChI is InChI=1S/C29H33N3O5/c1-20(21-9-12-23(13-10-21)32-15-5-4-6-16-32)30-29(34)25(19-24-8-7-17-37-24)31-28(33)22-11-14-26(35-2)27(18-22)36-3/h7-14,17-20H,4-6,15-16H2,1-3H3,(H,30,34)(H,31,33)/b25-19-. The molecule has 194 valence electrons. The van der Waals surface area contributed by atoms with E-state index in [-0.39, 0.29) is 11.7 Å². The number of amides is 2. The number of piperidine rings is 1. The summed E-state index contributed by atoms with van der Waals surface area (Å²) in [6, 6.07) is 16.2. The number of ether oxygens (including phenoxy) is 2. The predicted molar refractivity (Wildman–Crippen MR) is 143 cm³/mol. The van der Waals surface area contributed by atoms with Gasteiger partial charge in [0.25, 0.3) is 11.8 Å². The lowest BCUT2D eigenvalue weighted by Crippen LogP contribution is -2.36. The van der Waals surface area contributed by atoms with Crippen LogP contribution in [0.4, 0.5) is 5.69 Å². The van der Waals surface area contributed by atoms with E-state index in [2.05, 4.69) is 27.7 Å². The van der Waals surface area contributed by atoms with Crippen LogP contribution in [0.1, 0.15) is 53.9 Å². The lowest BCUT2D eigenvalue weighted by molar-refractivity contribution is -0.118. The molecule has 0 radical (unpaired) electrons. The Bertz CT molecular complexity index is 1230. The van der Waals surface area contributed by atoms with Crippen molar-refractivity contribution >= 4 is 23.6 Å². The molecule has 0 aliphatic carbocycles. The van der Waals surface area contributed by atoms with Crippen LogP contribution in [-0.2, 0) is 4.79 Å². The molecule has 1 aromatic heterocycles. The molecule has 1 unspecified atom stereocenters. The highest BCUT2D eigenvalue weighted by molar-refractivity contribution is 6.05. The smallest absolute Gasteiger partial charge is 0.268 e. The first-order valence-electron chi connectivity index (χ1n) is 12.4. The largest absolute Gasteiger partial charge is 0.493 e. The van der Waals surface area contributed by atoms with Crippen LogP contribution >= 0.6 is 0 Å². The first-order chi connectivity index (χ1) is 18.0. The van der Waals surface area contributed by atoms with Crippen molar-refractivity contribution in [2.45, 2.75) is 32.2 Å². The zero-order valence-electron chi connectivity index (χ0n) is 21.5. The molecular weight excluding hydrogens is 470 g/mol. The maximum atomic E-state index is 13.3. The topological polar surface area (TPSA) is 93.0 Å². The number of nitrogens with one attached hydrogen (secondary N) is 2. The van der Waals surface area contributed by atoms with Crippen molar-refractivity contribution < 1.29 is 23.5 Å². The number of carbonyl (C=O) groups excluding carboxylic acids is 2. The summed E-state index contributed by atoms with van der Waals surface area (Å²) in [6.45, 7) is 4.06. The van der Waals surface area contributed by atoms with E-state index in [4.69, 9.17) is 13.9 Å². The number of hydrogen-bond acceptors (Lipinski definition) is 6. The van der Waals surface area contributed by atoms with Crippen LogP contribution in [0.25, 0.3) is 6.08 Å². The zero-order valence-corrected chi connectivity index (χ0v) is 21.5. The summed E-state index contributed by atoms with van der Waals surface area (Å²) >= 11 is 0. The molecule has 1 aliphatic heterocycles. The Morgan fingerprint density at radius 3 is 2.35 bits per heavy atom. The van der Waals surface area contributed by atoms with Crippen molar-refractivity contribution in [1.29, 1.82) is 0 Å². The average Bonchev–Trinajstić information content (AvgIpc) is 3.46. The molecular formula is C29H33N3O5.